The molecular weight excluding hydrogens is 308 g/mol. The Balaban J connectivity index is 1.93. The van der Waals surface area contributed by atoms with Crippen molar-refractivity contribution in [1.29, 1.82) is 0 Å². The second-order valence-electron chi connectivity index (χ2n) is 5.67. The molecule has 6 heteroatoms. The lowest BCUT2D eigenvalue weighted by atomic mass is 10.1. The van der Waals surface area contributed by atoms with E-state index >= 15 is 0 Å². The summed E-state index contributed by atoms with van der Waals surface area (Å²) in [5.41, 5.74) is 3.78. The molecule has 3 rings (SSSR count). The lowest BCUT2D eigenvalue weighted by Gasteiger charge is -2.14. The highest BCUT2D eigenvalue weighted by Gasteiger charge is 2.16. The molecule has 1 amide bonds. The molecule has 0 fully saturated rings. The molecule has 1 N–H and O–H groups in total. The average molecular weight is 326 g/mol. The predicted octanol–water partition coefficient (Wildman–Crippen LogP) is 3.63. The molecule has 0 saturated heterocycles. The third-order valence-electron chi connectivity index (χ3n) is 3.51. The van der Waals surface area contributed by atoms with E-state index in [-0.39, 0.29) is 5.91 Å². The van der Waals surface area contributed by atoms with Crippen LogP contribution in [0.4, 0.5) is 10.9 Å². The molecule has 0 atom stereocenters. The summed E-state index contributed by atoms with van der Waals surface area (Å²) in [6, 6.07) is 7.71. The van der Waals surface area contributed by atoms with Crippen molar-refractivity contribution in [2.75, 3.05) is 24.3 Å². The highest BCUT2D eigenvalue weighted by molar-refractivity contribution is 7.22. The van der Waals surface area contributed by atoms with Crippen LogP contribution in [0.1, 0.15) is 21.5 Å². The maximum absolute atomic E-state index is 12.6. The molecule has 5 nitrogen and oxygen atoms in total. The monoisotopic (exact) mass is 326 g/mol. The Kier molecular flexibility index (Phi) is 4.00. The first kappa shape index (κ1) is 15.4. The van der Waals surface area contributed by atoms with Gasteiger partial charge in [-0.1, -0.05) is 17.4 Å². The fourth-order valence-electron chi connectivity index (χ4n) is 2.52. The summed E-state index contributed by atoms with van der Waals surface area (Å²) in [5, 5.41) is 3.50. The van der Waals surface area contributed by atoms with Crippen LogP contribution in [0.25, 0.3) is 10.2 Å². The van der Waals surface area contributed by atoms with Gasteiger partial charge in [-0.3, -0.25) is 10.1 Å². The molecule has 3 aromatic rings. The molecule has 2 heterocycles. The second kappa shape index (κ2) is 5.96. The van der Waals surface area contributed by atoms with Crippen LogP contribution in [-0.2, 0) is 0 Å². The van der Waals surface area contributed by atoms with E-state index in [9.17, 15) is 4.79 Å². The van der Waals surface area contributed by atoms with Gasteiger partial charge in [-0.15, -0.1) is 0 Å². The van der Waals surface area contributed by atoms with Crippen LogP contribution >= 0.6 is 11.3 Å². The molecule has 0 aliphatic rings. The number of pyridine rings is 1. The number of hydrogen-bond donors (Lipinski definition) is 1. The van der Waals surface area contributed by atoms with Crippen LogP contribution in [0.15, 0.2) is 30.5 Å². The third kappa shape index (κ3) is 3.03. The third-order valence-corrected chi connectivity index (χ3v) is 4.42. The van der Waals surface area contributed by atoms with Crippen molar-refractivity contribution < 1.29 is 4.79 Å². The van der Waals surface area contributed by atoms with E-state index in [0.29, 0.717) is 16.5 Å². The van der Waals surface area contributed by atoms with E-state index in [1.165, 1.54) is 16.9 Å². The Morgan fingerprint density at radius 1 is 1.26 bits per heavy atom. The second-order valence-corrected chi connectivity index (χ2v) is 6.70. The maximum atomic E-state index is 12.6. The van der Waals surface area contributed by atoms with Crippen LogP contribution < -0.4 is 10.2 Å². The van der Waals surface area contributed by atoms with Gasteiger partial charge in [0.15, 0.2) is 5.13 Å². The van der Waals surface area contributed by atoms with Gasteiger partial charge in [-0.05, 0) is 43.2 Å². The standard InChI is InChI=1S/C17H18N4OS/c1-10-8-11(2)14-13(9-10)23-17(19-14)20-16(22)12-6-5-7-18-15(12)21(3)4/h5-9H,1-4H3,(H,19,20,22). The summed E-state index contributed by atoms with van der Waals surface area (Å²) in [6.45, 7) is 4.09. The number of thiazole rings is 1. The summed E-state index contributed by atoms with van der Waals surface area (Å²) in [4.78, 5) is 23.2. The zero-order valence-electron chi connectivity index (χ0n) is 13.5. The number of carbonyl (C=O) groups excluding carboxylic acids is 1. The topological polar surface area (TPSA) is 58.1 Å². The number of anilines is 2. The minimum atomic E-state index is -0.199. The van der Waals surface area contributed by atoms with Crippen molar-refractivity contribution in [3.63, 3.8) is 0 Å². The predicted molar refractivity (Wildman–Crippen MR) is 95.6 cm³/mol. The van der Waals surface area contributed by atoms with Crippen molar-refractivity contribution in [2.45, 2.75) is 13.8 Å². The fourth-order valence-corrected chi connectivity index (χ4v) is 3.56. The Morgan fingerprint density at radius 2 is 2.04 bits per heavy atom. The van der Waals surface area contributed by atoms with E-state index in [4.69, 9.17) is 0 Å². The number of nitrogens with one attached hydrogen (secondary N) is 1. The molecule has 1 aromatic carbocycles. The first-order chi connectivity index (χ1) is 11.0. The Hall–Kier alpha value is -2.47. The van der Waals surface area contributed by atoms with Crippen LogP contribution in [-0.4, -0.2) is 30.0 Å². The van der Waals surface area contributed by atoms with Crippen LogP contribution in [0.3, 0.4) is 0 Å². The number of fused-ring (bicyclic) bond motifs is 1. The average Bonchev–Trinajstić information content (AvgIpc) is 2.89. The maximum Gasteiger partial charge on any atom is 0.261 e. The van der Waals surface area contributed by atoms with Gasteiger partial charge >= 0.3 is 0 Å². The van der Waals surface area contributed by atoms with Crippen LogP contribution in [0.5, 0.6) is 0 Å². The van der Waals surface area contributed by atoms with Crippen LogP contribution in [0.2, 0.25) is 0 Å². The summed E-state index contributed by atoms with van der Waals surface area (Å²) in [6.07, 6.45) is 1.68. The molecular formula is C17H18N4OS. The fraction of sp³-hybridized carbons (Fsp3) is 0.235. The Bertz CT molecular complexity index is 885. The lowest BCUT2D eigenvalue weighted by Crippen LogP contribution is -2.19. The molecule has 0 aliphatic heterocycles. The van der Waals surface area contributed by atoms with Crippen molar-refractivity contribution in [1.82, 2.24) is 9.97 Å². The van der Waals surface area contributed by atoms with Gasteiger partial charge in [-0.2, -0.15) is 0 Å². The molecule has 0 saturated carbocycles. The van der Waals surface area contributed by atoms with Crippen molar-refractivity contribution in [2.24, 2.45) is 0 Å². The zero-order chi connectivity index (χ0) is 16.6. The molecule has 0 bridgehead atoms. The summed E-state index contributed by atoms with van der Waals surface area (Å²) >= 11 is 1.49. The smallest absolute Gasteiger partial charge is 0.261 e. The van der Waals surface area contributed by atoms with Crippen molar-refractivity contribution >= 4 is 38.4 Å². The lowest BCUT2D eigenvalue weighted by molar-refractivity contribution is 0.102. The number of amides is 1. The van der Waals surface area contributed by atoms with E-state index in [0.717, 1.165) is 15.8 Å². The van der Waals surface area contributed by atoms with Crippen molar-refractivity contribution in [3.05, 3.63) is 47.2 Å². The van der Waals surface area contributed by atoms with Gasteiger partial charge in [0.1, 0.15) is 5.82 Å². The molecule has 23 heavy (non-hydrogen) atoms. The highest BCUT2D eigenvalue weighted by Crippen LogP contribution is 2.30. The Labute approximate surface area is 139 Å². The van der Waals surface area contributed by atoms with Gasteiger partial charge in [0.05, 0.1) is 15.8 Å². The molecule has 0 unspecified atom stereocenters. The first-order valence-electron chi connectivity index (χ1n) is 7.27. The summed E-state index contributed by atoms with van der Waals surface area (Å²) in [7, 11) is 3.73. The first-order valence-corrected chi connectivity index (χ1v) is 8.09. The highest BCUT2D eigenvalue weighted by atomic mass is 32.1. The van der Waals surface area contributed by atoms with Crippen molar-refractivity contribution in [3.8, 4) is 0 Å². The normalized spacial score (nSPS) is 10.8. The minimum absolute atomic E-state index is 0.199. The molecule has 0 spiro atoms. The number of aryl methyl sites for hydroxylation is 2. The van der Waals surface area contributed by atoms with Gasteiger partial charge in [0, 0.05) is 20.3 Å². The quantitative estimate of drug-likeness (QED) is 0.798. The molecule has 0 aliphatic carbocycles. The molecule has 2 aromatic heterocycles. The summed E-state index contributed by atoms with van der Waals surface area (Å²) in [5.74, 6) is 0.438. The zero-order valence-corrected chi connectivity index (χ0v) is 14.4. The minimum Gasteiger partial charge on any atom is -0.362 e. The number of nitrogens with zero attached hydrogens (tertiary/aromatic N) is 3. The molecule has 0 radical (unpaired) electrons. The van der Waals surface area contributed by atoms with E-state index in [2.05, 4.69) is 34.3 Å². The van der Waals surface area contributed by atoms with Gasteiger partial charge < -0.3 is 4.90 Å². The number of aromatic nitrogens is 2. The molecule has 118 valence electrons. The van der Waals surface area contributed by atoms with Crippen LogP contribution in [0, 0.1) is 13.8 Å². The number of rotatable bonds is 3. The van der Waals surface area contributed by atoms with E-state index < -0.39 is 0 Å². The number of hydrogen-bond acceptors (Lipinski definition) is 5. The Morgan fingerprint density at radius 3 is 2.78 bits per heavy atom. The van der Waals surface area contributed by atoms with E-state index in [1.54, 1.807) is 18.3 Å². The number of benzene rings is 1. The van der Waals surface area contributed by atoms with Gasteiger partial charge in [-0.25, -0.2) is 9.97 Å². The SMILES string of the molecule is Cc1cc(C)c2nc(NC(=O)c3cccnc3N(C)C)sc2c1. The summed E-state index contributed by atoms with van der Waals surface area (Å²) < 4.78 is 1.08. The largest absolute Gasteiger partial charge is 0.362 e. The number of carbonyl (C=O) groups is 1. The van der Waals surface area contributed by atoms with Gasteiger partial charge in [0.25, 0.3) is 5.91 Å². The van der Waals surface area contributed by atoms with Gasteiger partial charge in [0.2, 0.25) is 0 Å². The van der Waals surface area contributed by atoms with E-state index in [1.807, 2.05) is 25.9 Å².